The summed E-state index contributed by atoms with van der Waals surface area (Å²) in [5.41, 5.74) is 9.57. The Kier molecular flexibility index (Phi) is 6.93. The molecule has 1 amide bonds. The van der Waals surface area contributed by atoms with Crippen LogP contribution in [0.25, 0.3) is 0 Å². The molecule has 0 heterocycles. The zero-order chi connectivity index (χ0) is 7.44. The molecule has 1 unspecified atom stereocenters. The van der Waals surface area contributed by atoms with Gasteiger partial charge in [-0.25, -0.2) is 0 Å². The summed E-state index contributed by atoms with van der Waals surface area (Å²) in [6.07, 6.45) is -0.310. The van der Waals surface area contributed by atoms with E-state index in [1.807, 2.05) is 0 Å². The van der Waals surface area contributed by atoms with E-state index in [0.29, 0.717) is 0 Å². The molecule has 0 aliphatic carbocycles. The Labute approximate surface area is 76.9 Å². The van der Waals surface area contributed by atoms with E-state index in [1.165, 1.54) is 0 Å². The quantitative estimate of drug-likeness (QED) is 0.477. The van der Waals surface area contributed by atoms with E-state index in [4.69, 9.17) is 10.8 Å². The predicted molar refractivity (Wildman–Crippen MR) is 39.4 cm³/mol. The first kappa shape index (κ1) is 12.5. The van der Waals surface area contributed by atoms with Gasteiger partial charge in [-0.3, -0.25) is 9.59 Å². The second-order valence-corrected chi connectivity index (χ2v) is 1.62. The molecule has 6 heteroatoms. The van der Waals surface area contributed by atoms with Crippen LogP contribution in [0.4, 0.5) is 0 Å². The predicted octanol–water partition coefficient (Wildman–Crippen LogP) is -2.91. The Hall–Kier alpha value is -0.217. The van der Waals surface area contributed by atoms with Crippen LogP contribution in [0.15, 0.2) is 0 Å². The van der Waals surface area contributed by atoms with Crippen molar-refractivity contribution in [3.63, 3.8) is 0 Å². The van der Waals surface area contributed by atoms with Gasteiger partial charge in [-0.05, 0) is 0 Å². The molecule has 0 saturated heterocycles. The molecule has 0 radical (unpaired) electrons. The maximum absolute atomic E-state index is 9.99. The second kappa shape index (κ2) is 5.56. The van der Waals surface area contributed by atoms with E-state index in [-0.39, 0.29) is 32.6 Å². The summed E-state index contributed by atoms with van der Waals surface area (Å²) in [4.78, 5) is 19.9. The molecule has 0 aliphatic heterocycles. The van der Waals surface area contributed by atoms with Gasteiger partial charge in [0.05, 0.1) is 6.42 Å². The number of primary amides is 1. The Morgan fingerprint density at radius 2 is 1.90 bits per heavy atom. The normalized spacial score (nSPS) is 11.3. The van der Waals surface area contributed by atoms with Gasteiger partial charge in [-0.15, -0.1) is 0 Å². The summed E-state index contributed by atoms with van der Waals surface area (Å²) in [6.45, 7) is 0. The van der Waals surface area contributed by atoms with E-state index in [1.54, 1.807) is 0 Å². The molecule has 5 N–H and O–H groups in total. The minimum atomic E-state index is -1.21. The Morgan fingerprint density at radius 1 is 1.50 bits per heavy atom. The second-order valence-electron chi connectivity index (χ2n) is 1.62. The van der Waals surface area contributed by atoms with Crippen molar-refractivity contribution in [2.45, 2.75) is 12.5 Å². The van der Waals surface area contributed by atoms with Crippen molar-refractivity contribution in [3.8, 4) is 0 Å². The monoisotopic (exact) mass is 344 g/mol. The van der Waals surface area contributed by atoms with Gasteiger partial charge in [0, 0.05) is 0 Å². The number of carboxylic acids is 1. The number of carbonyl (C=O) groups excluding carboxylic acids is 1. The zero-order valence-electron chi connectivity index (χ0n) is 5.41. The van der Waals surface area contributed by atoms with Gasteiger partial charge < -0.3 is 16.6 Å². The first-order chi connectivity index (χ1) is 4.04. The number of nitrogens with two attached hydrogens (primary N) is 2. The van der Waals surface area contributed by atoms with Gasteiger partial charge in [-0.1, -0.05) is 0 Å². The molecule has 0 fully saturated rings. The zero-order valence-corrected chi connectivity index (χ0v) is 10.9. The molecule has 0 aromatic heterocycles. The standard InChI is InChI=1S/C4H8N2O3.Bi.3H/c5-2(4(8)9)1-3(6)7;;;;/h2H,1,5H2,(H2,6,7)(H,8,9);;;;. The number of carboxylic acid groups (broad SMARTS) is 1. The van der Waals surface area contributed by atoms with Gasteiger partial charge in [-0.2, -0.15) is 0 Å². The van der Waals surface area contributed by atoms with E-state index >= 15 is 0 Å². The average molecular weight is 344 g/mol. The number of hydrogen-bond acceptors (Lipinski definition) is 3. The molecule has 0 aliphatic rings. The number of hydrogen-bond donors (Lipinski definition) is 3. The van der Waals surface area contributed by atoms with Crippen LogP contribution in [0, 0.1) is 0 Å². The van der Waals surface area contributed by atoms with Crippen molar-refractivity contribution in [2.75, 3.05) is 0 Å². The fourth-order valence-corrected chi connectivity index (χ4v) is 0.304. The molecular formula is C4H11BiN2O3. The molecule has 5 nitrogen and oxygen atoms in total. The van der Waals surface area contributed by atoms with E-state index in [2.05, 4.69) is 5.73 Å². The first-order valence-corrected chi connectivity index (χ1v) is 2.30. The molecule has 0 saturated carbocycles. The van der Waals surface area contributed by atoms with Crippen LogP contribution in [-0.4, -0.2) is 49.2 Å². The molecule has 0 bridgehead atoms. The molecule has 0 spiro atoms. The third-order valence-corrected chi connectivity index (χ3v) is 0.738. The Bertz CT molecular complexity index is 138. The molecule has 60 valence electrons. The van der Waals surface area contributed by atoms with Crippen LogP contribution in [-0.2, 0) is 9.59 Å². The van der Waals surface area contributed by atoms with Crippen LogP contribution in [0.2, 0.25) is 0 Å². The summed E-state index contributed by atoms with van der Waals surface area (Å²) in [5, 5.41) is 8.10. The third-order valence-electron chi connectivity index (χ3n) is 0.738. The molecule has 1 atom stereocenters. The molecule has 0 aromatic rings. The van der Waals surface area contributed by atoms with Crippen molar-refractivity contribution in [2.24, 2.45) is 11.5 Å². The van der Waals surface area contributed by atoms with Crippen molar-refractivity contribution >= 4 is 38.1 Å². The van der Waals surface area contributed by atoms with E-state index < -0.39 is 17.9 Å². The summed E-state index contributed by atoms with van der Waals surface area (Å²) in [6, 6.07) is -1.16. The average Bonchev–Trinajstić information content (AvgIpc) is 1.63. The summed E-state index contributed by atoms with van der Waals surface area (Å²) in [5.74, 6) is -1.92. The Morgan fingerprint density at radius 3 is 2.00 bits per heavy atom. The van der Waals surface area contributed by atoms with Crippen molar-refractivity contribution < 1.29 is 14.7 Å². The Balaban J connectivity index is 0. The topological polar surface area (TPSA) is 106 Å². The van der Waals surface area contributed by atoms with Crippen LogP contribution in [0.1, 0.15) is 6.42 Å². The first-order valence-electron chi connectivity index (χ1n) is 2.30. The third kappa shape index (κ3) is 5.91. The molecule has 0 rings (SSSR count). The van der Waals surface area contributed by atoms with Crippen LogP contribution in [0.3, 0.4) is 0 Å². The SMILES string of the molecule is NC(=O)CC(N)C(=O)O.[BiH3]. The van der Waals surface area contributed by atoms with E-state index in [9.17, 15) is 9.59 Å². The van der Waals surface area contributed by atoms with Gasteiger partial charge >= 0.3 is 32.2 Å². The van der Waals surface area contributed by atoms with Crippen molar-refractivity contribution in [3.05, 3.63) is 0 Å². The minimum absolute atomic E-state index is 0. The number of amides is 1. The van der Waals surface area contributed by atoms with Crippen LogP contribution in [0.5, 0.6) is 0 Å². The maximum atomic E-state index is 9.99. The fourth-order valence-electron chi connectivity index (χ4n) is 0.304. The van der Waals surface area contributed by atoms with Gasteiger partial charge in [0.1, 0.15) is 6.04 Å². The van der Waals surface area contributed by atoms with Crippen molar-refractivity contribution in [1.29, 1.82) is 0 Å². The van der Waals surface area contributed by atoms with Gasteiger partial charge in [0.15, 0.2) is 0 Å². The number of aliphatic carboxylic acids is 1. The summed E-state index contributed by atoms with van der Waals surface area (Å²) in [7, 11) is 0. The summed E-state index contributed by atoms with van der Waals surface area (Å²) < 4.78 is 0. The van der Waals surface area contributed by atoms with Crippen LogP contribution >= 0.6 is 0 Å². The summed E-state index contributed by atoms with van der Waals surface area (Å²) >= 11 is 0. The van der Waals surface area contributed by atoms with Gasteiger partial charge in [0.25, 0.3) is 0 Å². The molecular weight excluding hydrogens is 333 g/mol. The van der Waals surface area contributed by atoms with Gasteiger partial charge in [0.2, 0.25) is 5.91 Å². The van der Waals surface area contributed by atoms with E-state index in [0.717, 1.165) is 0 Å². The van der Waals surface area contributed by atoms with Crippen LogP contribution < -0.4 is 11.5 Å². The number of rotatable bonds is 3. The van der Waals surface area contributed by atoms with Crippen molar-refractivity contribution in [1.82, 2.24) is 0 Å². The number of carbonyl (C=O) groups is 2. The fraction of sp³-hybridized carbons (Fsp3) is 0.500. The molecule has 10 heavy (non-hydrogen) atoms. The molecule has 0 aromatic carbocycles.